The van der Waals surface area contributed by atoms with Crippen molar-refractivity contribution in [3.05, 3.63) is 47.5 Å². The minimum atomic E-state index is 0.187. The Hall–Kier alpha value is -1.96. The molecule has 0 aliphatic carbocycles. The molecule has 0 radical (unpaired) electrons. The maximum atomic E-state index is 9.96. The molecule has 2 aromatic rings. The summed E-state index contributed by atoms with van der Waals surface area (Å²) in [5.74, 6) is 0.412. The Balaban J connectivity index is 2.67. The molecule has 0 saturated carbocycles. The summed E-state index contributed by atoms with van der Waals surface area (Å²) in [7, 11) is 0. The molecule has 0 aliphatic rings. The predicted molar refractivity (Wildman–Crippen MR) is 64.7 cm³/mol. The van der Waals surface area contributed by atoms with E-state index < -0.39 is 0 Å². The number of aryl methyl sites for hydroxylation is 2. The fourth-order valence-electron chi connectivity index (χ4n) is 1.74. The number of phenolic OH excluding ortho intramolecular Hbond substituents is 2. The molecular weight excluding hydrogens is 200 g/mol. The average molecular weight is 214 g/mol. The van der Waals surface area contributed by atoms with E-state index in [1.165, 1.54) is 0 Å². The van der Waals surface area contributed by atoms with Gasteiger partial charge in [-0.3, -0.25) is 0 Å². The lowest BCUT2D eigenvalue weighted by Gasteiger charge is -2.09. The van der Waals surface area contributed by atoms with Crippen LogP contribution in [-0.4, -0.2) is 10.2 Å². The Labute approximate surface area is 94.8 Å². The van der Waals surface area contributed by atoms with Gasteiger partial charge in [0, 0.05) is 11.1 Å². The van der Waals surface area contributed by atoms with Gasteiger partial charge in [-0.05, 0) is 31.5 Å². The average Bonchev–Trinajstić information content (AvgIpc) is 2.26. The fraction of sp³-hybridized carbons (Fsp3) is 0.143. The van der Waals surface area contributed by atoms with Crippen LogP contribution in [0.15, 0.2) is 36.4 Å². The van der Waals surface area contributed by atoms with E-state index in [-0.39, 0.29) is 11.5 Å². The molecule has 16 heavy (non-hydrogen) atoms. The number of phenols is 2. The van der Waals surface area contributed by atoms with Crippen molar-refractivity contribution in [3.63, 3.8) is 0 Å². The predicted octanol–water partition coefficient (Wildman–Crippen LogP) is 3.38. The smallest absolute Gasteiger partial charge is 0.126 e. The molecule has 2 heteroatoms. The van der Waals surface area contributed by atoms with Crippen LogP contribution in [-0.2, 0) is 0 Å². The Kier molecular flexibility index (Phi) is 2.57. The van der Waals surface area contributed by atoms with Crippen LogP contribution < -0.4 is 0 Å². The van der Waals surface area contributed by atoms with Gasteiger partial charge in [0.25, 0.3) is 0 Å². The van der Waals surface area contributed by atoms with Gasteiger partial charge in [-0.2, -0.15) is 0 Å². The third-order valence-corrected chi connectivity index (χ3v) is 2.68. The Morgan fingerprint density at radius 1 is 0.875 bits per heavy atom. The van der Waals surface area contributed by atoms with Crippen molar-refractivity contribution in [2.45, 2.75) is 13.8 Å². The van der Waals surface area contributed by atoms with Crippen molar-refractivity contribution in [1.82, 2.24) is 0 Å². The van der Waals surface area contributed by atoms with E-state index in [4.69, 9.17) is 0 Å². The zero-order valence-corrected chi connectivity index (χ0v) is 9.36. The summed E-state index contributed by atoms with van der Waals surface area (Å²) in [4.78, 5) is 0. The second kappa shape index (κ2) is 3.89. The van der Waals surface area contributed by atoms with Crippen LogP contribution in [0.2, 0.25) is 0 Å². The molecule has 0 amide bonds. The van der Waals surface area contributed by atoms with Crippen LogP contribution in [0.25, 0.3) is 11.1 Å². The van der Waals surface area contributed by atoms with E-state index >= 15 is 0 Å². The van der Waals surface area contributed by atoms with Gasteiger partial charge in [0.1, 0.15) is 11.5 Å². The number of hydrogen-bond acceptors (Lipinski definition) is 2. The zero-order valence-electron chi connectivity index (χ0n) is 9.36. The molecule has 0 aromatic heterocycles. The first-order valence-corrected chi connectivity index (χ1v) is 5.18. The van der Waals surface area contributed by atoms with Gasteiger partial charge in [0.05, 0.1) is 0 Å². The highest BCUT2D eigenvalue weighted by molar-refractivity contribution is 5.76. The lowest BCUT2D eigenvalue weighted by atomic mass is 9.99. The number of hydrogen-bond donors (Lipinski definition) is 2. The maximum absolute atomic E-state index is 9.96. The molecule has 0 fully saturated rings. The molecule has 2 aromatic carbocycles. The minimum Gasteiger partial charge on any atom is -0.507 e. The molecule has 2 N–H and O–H groups in total. The highest BCUT2D eigenvalue weighted by atomic mass is 16.3. The van der Waals surface area contributed by atoms with E-state index in [1.807, 2.05) is 38.1 Å². The number of benzene rings is 2. The maximum Gasteiger partial charge on any atom is 0.126 e. The fourth-order valence-corrected chi connectivity index (χ4v) is 1.74. The summed E-state index contributed by atoms with van der Waals surface area (Å²) < 4.78 is 0. The van der Waals surface area contributed by atoms with Crippen molar-refractivity contribution in [1.29, 1.82) is 0 Å². The van der Waals surface area contributed by atoms with Gasteiger partial charge in [-0.1, -0.05) is 29.8 Å². The highest BCUT2D eigenvalue weighted by Gasteiger charge is 2.10. The van der Waals surface area contributed by atoms with Crippen LogP contribution >= 0.6 is 0 Å². The normalized spacial score (nSPS) is 10.4. The van der Waals surface area contributed by atoms with E-state index in [2.05, 4.69) is 0 Å². The van der Waals surface area contributed by atoms with Crippen LogP contribution in [0.5, 0.6) is 11.5 Å². The standard InChI is InChI=1S/C14H14O2/c1-9-6-7-13(15)12(8-9)11-5-3-4-10(2)14(11)16/h3-8,15-16H,1-2H3. The summed E-state index contributed by atoms with van der Waals surface area (Å²) in [5, 5.41) is 19.7. The number of para-hydroxylation sites is 1. The summed E-state index contributed by atoms with van der Waals surface area (Å²) in [6.45, 7) is 3.79. The Bertz CT molecular complexity index is 530. The number of rotatable bonds is 1. The molecule has 2 rings (SSSR count). The summed E-state index contributed by atoms with van der Waals surface area (Å²) in [5.41, 5.74) is 3.19. The largest absolute Gasteiger partial charge is 0.507 e. The molecule has 0 unspecified atom stereocenters. The van der Waals surface area contributed by atoms with Gasteiger partial charge in [-0.25, -0.2) is 0 Å². The molecule has 0 aliphatic heterocycles. The van der Waals surface area contributed by atoms with Gasteiger partial charge in [-0.15, -0.1) is 0 Å². The lowest BCUT2D eigenvalue weighted by Crippen LogP contribution is -1.84. The van der Waals surface area contributed by atoms with Gasteiger partial charge < -0.3 is 10.2 Å². The molecule has 0 bridgehead atoms. The quantitative estimate of drug-likeness (QED) is 0.764. The molecule has 0 spiro atoms. The van der Waals surface area contributed by atoms with E-state index in [9.17, 15) is 10.2 Å². The number of aromatic hydroxyl groups is 2. The molecule has 2 nitrogen and oxygen atoms in total. The lowest BCUT2D eigenvalue weighted by molar-refractivity contribution is 0.466. The minimum absolute atomic E-state index is 0.187. The molecular formula is C14H14O2. The second-order valence-electron chi connectivity index (χ2n) is 3.99. The van der Waals surface area contributed by atoms with Crippen LogP contribution in [0.1, 0.15) is 11.1 Å². The topological polar surface area (TPSA) is 40.5 Å². The van der Waals surface area contributed by atoms with Crippen molar-refractivity contribution in [2.24, 2.45) is 0 Å². The second-order valence-corrected chi connectivity index (χ2v) is 3.99. The van der Waals surface area contributed by atoms with E-state index in [0.717, 1.165) is 11.1 Å². The van der Waals surface area contributed by atoms with Crippen LogP contribution in [0.3, 0.4) is 0 Å². The monoisotopic (exact) mass is 214 g/mol. The first-order chi connectivity index (χ1) is 7.59. The summed E-state index contributed by atoms with van der Waals surface area (Å²) in [6, 6.07) is 10.9. The first kappa shape index (κ1) is 10.6. The Morgan fingerprint density at radius 2 is 1.62 bits per heavy atom. The van der Waals surface area contributed by atoms with Crippen molar-refractivity contribution >= 4 is 0 Å². The van der Waals surface area contributed by atoms with E-state index in [0.29, 0.717) is 11.1 Å². The first-order valence-electron chi connectivity index (χ1n) is 5.18. The van der Waals surface area contributed by atoms with Crippen LogP contribution in [0.4, 0.5) is 0 Å². The van der Waals surface area contributed by atoms with Gasteiger partial charge in [0.15, 0.2) is 0 Å². The third-order valence-electron chi connectivity index (χ3n) is 2.68. The molecule has 0 atom stereocenters. The third kappa shape index (κ3) is 1.74. The zero-order chi connectivity index (χ0) is 11.7. The van der Waals surface area contributed by atoms with Crippen LogP contribution in [0, 0.1) is 13.8 Å². The van der Waals surface area contributed by atoms with Gasteiger partial charge in [0.2, 0.25) is 0 Å². The molecule has 0 heterocycles. The highest BCUT2D eigenvalue weighted by Crippen LogP contribution is 2.37. The summed E-state index contributed by atoms with van der Waals surface area (Å²) >= 11 is 0. The van der Waals surface area contributed by atoms with E-state index in [1.54, 1.807) is 12.1 Å². The van der Waals surface area contributed by atoms with Crippen molar-refractivity contribution in [2.75, 3.05) is 0 Å². The van der Waals surface area contributed by atoms with Crippen molar-refractivity contribution in [3.8, 4) is 22.6 Å². The van der Waals surface area contributed by atoms with Crippen molar-refractivity contribution < 1.29 is 10.2 Å². The van der Waals surface area contributed by atoms with Gasteiger partial charge >= 0.3 is 0 Å². The SMILES string of the molecule is Cc1ccc(O)c(-c2cccc(C)c2O)c1. The molecule has 0 saturated heterocycles. The summed E-state index contributed by atoms with van der Waals surface area (Å²) in [6.07, 6.45) is 0. The molecule has 82 valence electrons. The Morgan fingerprint density at radius 3 is 2.38 bits per heavy atom.